The van der Waals surface area contributed by atoms with Crippen LogP contribution in [0.2, 0.25) is 0 Å². The number of ether oxygens (including phenoxy) is 1. The number of hydrogen-bond donors (Lipinski definition) is 2. The summed E-state index contributed by atoms with van der Waals surface area (Å²) in [5.41, 5.74) is 1.13. The number of hydrogen-bond acceptors (Lipinski definition) is 10. The lowest BCUT2D eigenvalue weighted by molar-refractivity contribution is -0.384. The number of rotatable bonds is 7. The molecule has 2 aliphatic heterocycles. The molecule has 218 valence electrons. The molecule has 3 aromatic carbocycles. The van der Waals surface area contributed by atoms with Crippen LogP contribution in [0.25, 0.3) is 0 Å². The minimum Gasteiger partial charge on any atom is -0.508 e. The smallest absolute Gasteiger partial charge is 0.308 e. The first-order valence-electron chi connectivity index (χ1n) is 12.9. The van der Waals surface area contributed by atoms with Gasteiger partial charge in [0.05, 0.1) is 28.7 Å². The van der Waals surface area contributed by atoms with E-state index in [1.165, 1.54) is 48.1 Å². The van der Waals surface area contributed by atoms with Crippen molar-refractivity contribution in [2.75, 3.05) is 17.3 Å². The summed E-state index contributed by atoms with van der Waals surface area (Å²) in [6.07, 6.45) is 0. The van der Waals surface area contributed by atoms with Gasteiger partial charge < -0.3 is 15.2 Å². The van der Waals surface area contributed by atoms with E-state index in [-0.39, 0.29) is 23.7 Å². The Labute approximate surface area is 251 Å². The number of anilines is 2. The Morgan fingerprint density at radius 3 is 2.30 bits per heavy atom. The summed E-state index contributed by atoms with van der Waals surface area (Å²) in [4.78, 5) is 65.6. The van der Waals surface area contributed by atoms with Gasteiger partial charge in [0.25, 0.3) is 5.69 Å². The molecule has 2 N–H and O–H groups in total. The molecule has 1 aromatic heterocycles. The molecule has 12 nitrogen and oxygen atoms in total. The van der Waals surface area contributed by atoms with Gasteiger partial charge in [-0.15, -0.1) is 0 Å². The second kappa shape index (κ2) is 11.0. The Hall–Kier alpha value is -4.95. The van der Waals surface area contributed by atoms with Gasteiger partial charge in [-0.2, -0.15) is 0 Å². The molecule has 0 unspecified atom stereocenters. The standard InChI is InChI=1S/C29H22N4O8S2/c1-41-20-12-4-16(5-13-20)30-21(35)14-31-28-25(43-29(31)38)22(15-2-10-19(34)11-3-15)23-24(42-28)27(37)32(26(23)36)17-6-8-18(9-7-17)33(39)40/h2-13,22-24,34H,14H2,1H3,(H,30,35)/t22-,23+,24-/m0/s1. The summed E-state index contributed by atoms with van der Waals surface area (Å²) in [7, 11) is 1.53. The topological polar surface area (TPSA) is 161 Å². The maximum absolute atomic E-state index is 13.9. The number of aromatic hydroxyl groups is 1. The van der Waals surface area contributed by atoms with Gasteiger partial charge >= 0.3 is 4.87 Å². The molecule has 3 heterocycles. The number of non-ortho nitro benzene ring substituents is 1. The highest BCUT2D eigenvalue weighted by Crippen LogP contribution is 2.54. The van der Waals surface area contributed by atoms with Crippen molar-refractivity contribution in [3.05, 3.63) is 103 Å². The summed E-state index contributed by atoms with van der Waals surface area (Å²) in [6, 6.07) is 18.0. The van der Waals surface area contributed by atoms with Crippen LogP contribution in [0, 0.1) is 16.0 Å². The molecule has 0 radical (unpaired) electrons. The van der Waals surface area contributed by atoms with Gasteiger partial charge in [-0.1, -0.05) is 35.2 Å². The summed E-state index contributed by atoms with van der Waals surface area (Å²) in [6.45, 7) is -0.322. The van der Waals surface area contributed by atoms with Crippen LogP contribution in [0.5, 0.6) is 11.5 Å². The summed E-state index contributed by atoms with van der Waals surface area (Å²) >= 11 is 1.96. The molecule has 0 spiro atoms. The molecule has 3 amide bonds. The highest BCUT2D eigenvalue weighted by atomic mass is 32.2. The summed E-state index contributed by atoms with van der Waals surface area (Å²) in [5, 5.41) is 23.3. The number of phenols is 1. The van der Waals surface area contributed by atoms with Crippen molar-refractivity contribution in [2.24, 2.45) is 5.92 Å². The molecule has 1 fully saturated rings. The number of nitrogens with one attached hydrogen (secondary N) is 1. The van der Waals surface area contributed by atoms with Crippen molar-refractivity contribution in [2.45, 2.75) is 22.7 Å². The number of thiazole rings is 1. The number of imide groups is 1. The fraction of sp³-hybridized carbons (Fsp3) is 0.172. The van der Waals surface area contributed by atoms with Crippen LogP contribution in [0.15, 0.2) is 82.6 Å². The van der Waals surface area contributed by atoms with Crippen molar-refractivity contribution >= 4 is 57.9 Å². The second-order valence-electron chi connectivity index (χ2n) is 9.82. The number of aromatic nitrogens is 1. The number of methoxy groups -OCH3 is 1. The van der Waals surface area contributed by atoms with Crippen LogP contribution in [-0.2, 0) is 20.9 Å². The van der Waals surface area contributed by atoms with E-state index in [1.54, 1.807) is 36.4 Å². The third-order valence-electron chi connectivity index (χ3n) is 7.30. The predicted octanol–water partition coefficient (Wildman–Crippen LogP) is 3.97. The van der Waals surface area contributed by atoms with Crippen molar-refractivity contribution in [1.29, 1.82) is 0 Å². The number of nitrogens with zero attached hydrogens (tertiary/aromatic N) is 3. The fourth-order valence-electron chi connectivity index (χ4n) is 5.29. The zero-order chi connectivity index (χ0) is 30.4. The minimum atomic E-state index is -0.932. The highest BCUT2D eigenvalue weighted by molar-refractivity contribution is 8.00. The Morgan fingerprint density at radius 1 is 1.00 bits per heavy atom. The van der Waals surface area contributed by atoms with E-state index in [4.69, 9.17) is 4.74 Å². The first-order chi connectivity index (χ1) is 20.7. The molecule has 1 saturated heterocycles. The lowest BCUT2D eigenvalue weighted by Crippen LogP contribution is -2.33. The molecule has 14 heteroatoms. The Balaban J connectivity index is 1.37. The lowest BCUT2D eigenvalue weighted by atomic mass is 9.83. The van der Waals surface area contributed by atoms with Crippen LogP contribution in [0.4, 0.5) is 17.1 Å². The van der Waals surface area contributed by atoms with Crippen LogP contribution < -0.4 is 19.8 Å². The first-order valence-corrected chi connectivity index (χ1v) is 14.6. The van der Waals surface area contributed by atoms with Gasteiger partial charge in [0.1, 0.15) is 23.3 Å². The van der Waals surface area contributed by atoms with Gasteiger partial charge in [0.15, 0.2) is 0 Å². The molecule has 2 aliphatic rings. The van der Waals surface area contributed by atoms with Crippen LogP contribution in [0.3, 0.4) is 0 Å². The van der Waals surface area contributed by atoms with Crippen molar-refractivity contribution < 1.29 is 29.2 Å². The average Bonchev–Trinajstić information content (AvgIpc) is 3.44. The molecule has 0 aliphatic carbocycles. The van der Waals surface area contributed by atoms with E-state index in [9.17, 15) is 34.4 Å². The second-order valence-corrected chi connectivity index (χ2v) is 11.9. The third-order valence-corrected chi connectivity index (χ3v) is 9.90. The van der Waals surface area contributed by atoms with Gasteiger partial charge in [0.2, 0.25) is 17.7 Å². The maximum atomic E-state index is 13.9. The van der Waals surface area contributed by atoms with Crippen LogP contribution in [-0.4, -0.2) is 44.7 Å². The number of carbonyl (C=O) groups is 3. The fourth-order valence-corrected chi connectivity index (χ4v) is 8.07. The molecule has 43 heavy (non-hydrogen) atoms. The van der Waals surface area contributed by atoms with Crippen LogP contribution in [0.1, 0.15) is 16.4 Å². The summed E-state index contributed by atoms with van der Waals surface area (Å²) < 4.78 is 6.44. The SMILES string of the molecule is COc1ccc(NC(=O)Cn2c3c(sc2=O)[C@@H](c2ccc(O)cc2)[C@H]2C(=O)N(c4ccc([N+](=O)[O-])cc4)C(=O)[C@H]2S3)cc1. The predicted molar refractivity (Wildman–Crippen MR) is 159 cm³/mol. The van der Waals surface area contributed by atoms with Gasteiger partial charge in [0, 0.05) is 28.6 Å². The third kappa shape index (κ3) is 5.04. The molecule has 0 bridgehead atoms. The van der Waals surface area contributed by atoms with Gasteiger partial charge in [-0.05, 0) is 54.1 Å². The monoisotopic (exact) mass is 618 g/mol. The number of carbonyl (C=O) groups excluding carboxylic acids is 3. The van der Waals surface area contributed by atoms with Gasteiger partial charge in [-0.25, -0.2) is 4.90 Å². The van der Waals surface area contributed by atoms with Crippen molar-refractivity contribution in [1.82, 2.24) is 4.57 Å². The number of amides is 3. The maximum Gasteiger partial charge on any atom is 0.308 e. The molecular formula is C29H22N4O8S2. The van der Waals surface area contributed by atoms with E-state index in [0.29, 0.717) is 26.9 Å². The zero-order valence-electron chi connectivity index (χ0n) is 22.3. The largest absolute Gasteiger partial charge is 0.508 e. The number of fused-ring (bicyclic) bond motifs is 2. The molecule has 3 atom stereocenters. The average molecular weight is 619 g/mol. The van der Waals surface area contributed by atoms with E-state index < -0.39 is 44.6 Å². The number of thioether (sulfide) groups is 1. The van der Waals surface area contributed by atoms with E-state index in [0.717, 1.165) is 28.0 Å². The number of benzene rings is 3. The Kier molecular flexibility index (Phi) is 7.23. The first kappa shape index (κ1) is 28.2. The number of phenolic OH excluding ortho intramolecular Hbond substituents is 1. The normalized spacial score (nSPS) is 19.1. The number of nitro benzene ring substituents is 1. The summed E-state index contributed by atoms with van der Waals surface area (Å²) in [5.74, 6) is -2.49. The van der Waals surface area contributed by atoms with Crippen molar-refractivity contribution in [3.63, 3.8) is 0 Å². The molecule has 0 saturated carbocycles. The quantitative estimate of drug-likeness (QED) is 0.177. The van der Waals surface area contributed by atoms with E-state index >= 15 is 0 Å². The number of nitro groups is 1. The minimum absolute atomic E-state index is 0.00741. The van der Waals surface area contributed by atoms with Gasteiger partial charge in [-0.3, -0.25) is 33.9 Å². The lowest BCUT2D eigenvalue weighted by Gasteiger charge is -2.30. The molecular weight excluding hydrogens is 596 g/mol. The Bertz CT molecular complexity index is 1820. The van der Waals surface area contributed by atoms with E-state index in [1.807, 2.05) is 0 Å². The molecule has 6 rings (SSSR count). The molecule has 4 aromatic rings. The highest BCUT2D eigenvalue weighted by Gasteiger charge is 2.56. The van der Waals surface area contributed by atoms with Crippen molar-refractivity contribution in [3.8, 4) is 11.5 Å². The van der Waals surface area contributed by atoms with E-state index in [2.05, 4.69) is 5.32 Å². The Morgan fingerprint density at radius 2 is 1.67 bits per heavy atom. The zero-order valence-corrected chi connectivity index (χ0v) is 24.0. The van der Waals surface area contributed by atoms with Crippen LogP contribution >= 0.6 is 23.1 Å².